The van der Waals surface area contributed by atoms with E-state index in [1.807, 2.05) is 20.9 Å². The van der Waals surface area contributed by atoms with Crippen molar-refractivity contribution in [2.45, 2.75) is 46.5 Å². The topological polar surface area (TPSA) is 64.4 Å². The molecule has 6 nitrogen and oxygen atoms in total. The summed E-state index contributed by atoms with van der Waals surface area (Å²) < 4.78 is 6.92. The molecule has 0 N–H and O–H groups in total. The summed E-state index contributed by atoms with van der Waals surface area (Å²) in [6.07, 6.45) is 3.11. The van der Waals surface area contributed by atoms with Crippen molar-refractivity contribution in [1.29, 1.82) is 0 Å². The van der Waals surface area contributed by atoms with Crippen LogP contribution in [0.25, 0.3) is 0 Å². The first kappa shape index (κ1) is 17.5. The van der Waals surface area contributed by atoms with Crippen molar-refractivity contribution in [3.8, 4) is 0 Å². The highest BCUT2D eigenvalue weighted by atomic mass is 16.5. The number of aryl methyl sites for hydroxylation is 2. The summed E-state index contributed by atoms with van der Waals surface area (Å²) in [6.45, 7) is 7.36. The SMILES string of the molecule is CCOC(=O)[C@H]1CCCN(C(=O)c2c(CC)nn(C)c2CC)C1. The van der Waals surface area contributed by atoms with E-state index in [4.69, 9.17) is 4.74 Å². The van der Waals surface area contributed by atoms with Gasteiger partial charge in [0.1, 0.15) is 0 Å². The van der Waals surface area contributed by atoms with Gasteiger partial charge in [-0.3, -0.25) is 14.3 Å². The summed E-state index contributed by atoms with van der Waals surface area (Å²) in [5.74, 6) is -0.400. The van der Waals surface area contributed by atoms with Crippen molar-refractivity contribution in [1.82, 2.24) is 14.7 Å². The molecule has 1 aromatic heterocycles. The lowest BCUT2D eigenvalue weighted by Gasteiger charge is -2.31. The molecule has 1 amide bonds. The molecule has 1 aliphatic rings. The van der Waals surface area contributed by atoms with E-state index in [9.17, 15) is 9.59 Å². The van der Waals surface area contributed by atoms with Crippen LogP contribution in [0.4, 0.5) is 0 Å². The number of hydrogen-bond donors (Lipinski definition) is 0. The Kier molecular flexibility index (Phi) is 5.80. The van der Waals surface area contributed by atoms with Gasteiger partial charge < -0.3 is 9.64 Å². The average molecular weight is 321 g/mol. The Labute approximate surface area is 137 Å². The van der Waals surface area contributed by atoms with E-state index in [1.165, 1.54) is 0 Å². The molecule has 1 saturated heterocycles. The van der Waals surface area contributed by atoms with Gasteiger partial charge in [-0.1, -0.05) is 13.8 Å². The predicted octanol–water partition coefficient (Wildman–Crippen LogP) is 1.96. The maximum atomic E-state index is 13.0. The lowest BCUT2D eigenvalue weighted by molar-refractivity contribution is -0.149. The molecule has 0 unspecified atom stereocenters. The molecule has 0 bridgehead atoms. The summed E-state index contributed by atoms with van der Waals surface area (Å²) in [7, 11) is 1.88. The van der Waals surface area contributed by atoms with E-state index in [2.05, 4.69) is 5.10 Å². The Morgan fingerprint density at radius 3 is 2.61 bits per heavy atom. The molecule has 0 radical (unpaired) electrons. The minimum atomic E-state index is -0.209. The van der Waals surface area contributed by atoms with Gasteiger partial charge in [0.2, 0.25) is 0 Å². The lowest BCUT2D eigenvalue weighted by Crippen LogP contribution is -2.43. The molecule has 1 aliphatic heterocycles. The molecule has 0 aromatic carbocycles. The van der Waals surface area contributed by atoms with Crippen molar-refractivity contribution in [3.63, 3.8) is 0 Å². The zero-order valence-electron chi connectivity index (χ0n) is 14.6. The highest BCUT2D eigenvalue weighted by molar-refractivity contribution is 5.97. The number of likely N-dealkylation sites (tertiary alicyclic amines) is 1. The first-order valence-corrected chi connectivity index (χ1v) is 8.54. The molecular weight excluding hydrogens is 294 g/mol. The largest absolute Gasteiger partial charge is 0.466 e. The van der Waals surface area contributed by atoms with Gasteiger partial charge in [-0.2, -0.15) is 5.10 Å². The number of esters is 1. The Bertz CT molecular complexity index is 580. The second-order valence-corrected chi connectivity index (χ2v) is 5.94. The lowest BCUT2D eigenvalue weighted by atomic mass is 9.97. The van der Waals surface area contributed by atoms with Crippen molar-refractivity contribution in [2.24, 2.45) is 13.0 Å². The molecule has 128 valence electrons. The fourth-order valence-corrected chi connectivity index (χ4v) is 3.29. The van der Waals surface area contributed by atoms with Crippen LogP contribution in [0.1, 0.15) is 55.4 Å². The zero-order valence-corrected chi connectivity index (χ0v) is 14.6. The molecule has 0 spiro atoms. The Morgan fingerprint density at radius 1 is 1.26 bits per heavy atom. The third kappa shape index (κ3) is 3.57. The molecule has 2 heterocycles. The van der Waals surface area contributed by atoms with Crippen LogP contribution in [0.2, 0.25) is 0 Å². The number of piperidine rings is 1. The third-order valence-electron chi connectivity index (χ3n) is 4.45. The Balaban J connectivity index is 2.21. The summed E-state index contributed by atoms with van der Waals surface area (Å²) in [5, 5.41) is 4.48. The maximum Gasteiger partial charge on any atom is 0.310 e. The number of carbonyl (C=O) groups is 2. The van der Waals surface area contributed by atoms with Crippen molar-refractivity contribution >= 4 is 11.9 Å². The van der Waals surface area contributed by atoms with Gasteiger partial charge in [0.15, 0.2) is 0 Å². The smallest absolute Gasteiger partial charge is 0.310 e. The third-order valence-corrected chi connectivity index (χ3v) is 4.45. The van der Waals surface area contributed by atoms with Crippen LogP contribution in [0.3, 0.4) is 0 Å². The number of amides is 1. The fourth-order valence-electron chi connectivity index (χ4n) is 3.29. The molecule has 0 aliphatic carbocycles. The Morgan fingerprint density at radius 2 is 2.00 bits per heavy atom. The highest BCUT2D eigenvalue weighted by Gasteiger charge is 2.32. The van der Waals surface area contributed by atoms with Crippen LogP contribution in [0.15, 0.2) is 0 Å². The maximum absolute atomic E-state index is 13.0. The van der Waals surface area contributed by atoms with Gasteiger partial charge in [-0.05, 0) is 32.6 Å². The van der Waals surface area contributed by atoms with Gasteiger partial charge in [-0.25, -0.2) is 0 Å². The monoisotopic (exact) mass is 321 g/mol. The first-order valence-electron chi connectivity index (χ1n) is 8.54. The number of aromatic nitrogens is 2. The molecule has 1 fully saturated rings. The van der Waals surface area contributed by atoms with Gasteiger partial charge in [0.05, 0.1) is 29.5 Å². The zero-order chi connectivity index (χ0) is 17.0. The summed E-state index contributed by atoms with van der Waals surface area (Å²) >= 11 is 0. The first-order chi connectivity index (χ1) is 11.0. The minimum Gasteiger partial charge on any atom is -0.466 e. The number of carbonyl (C=O) groups excluding carboxylic acids is 2. The second-order valence-electron chi connectivity index (χ2n) is 5.94. The van der Waals surface area contributed by atoms with E-state index < -0.39 is 0 Å². The normalized spacial score (nSPS) is 18.1. The van der Waals surface area contributed by atoms with E-state index in [-0.39, 0.29) is 17.8 Å². The summed E-state index contributed by atoms with van der Waals surface area (Å²) in [6, 6.07) is 0. The number of ether oxygens (including phenoxy) is 1. The predicted molar refractivity (Wildman–Crippen MR) is 87.2 cm³/mol. The van der Waals surface area contributed by atoms with E-state index in [1.54, 1.807) is 16.5 Å². The van der Waals surface area contributed by atoms with Gasteiger partial charge in [-0.15, -0.1) is 0 Å². The Hall–Kier alpha value is -1.85. The number of hydrogen-bond acceptors (Lipinski definition) is 4. The minimum absolute atomic E-state index is 0.000739. The number of rotatable bonds is 5. The molecule has 1 atom stereocenters. The fraction of sp³-hybridized carbons (Fsp3) is 0.706. The molecule has 2 rings (SSSR count). The molecule has 0 saturated carbocycles. The van der Waals surface area contributed by atoms with Crippen LogP contribution in [-0.2, 0) is 29.4 Å². The average Bonchev–Trinajstić information content (AvgIpc) is 2.90. The highest BCUT2D eigenvalue weighted by Crippen LogP contribution is 2.23. The van der Waals surface area contributed by atoms with Crippen LogP contribution in [0.5, 0.6) is 0 Å². The van der Waals surface area contributed by atoms with Gasteiger partial charge in [0.25, 0.3) is 5.91 Å². The second kappa shape index (κ2) is 7.62. The summed E-state index contributed by atoms with van der Waals surface area (Å²) in [4.78, 5) is 26.8. The van der Waals surface area contributed by atoms with E-state index in [0.29, 0.717) is 19.7 Å². The van der Waals surface area contributed by atoms with E-state index >= 15 is 0 Å². The van der Waals surface area contributed by atoms with Crippen LogP contribution < -0.4 is 0 Å². The van der Waals surface area contributed by atoms with Gasteiger partial charge in [0, 0.05) is 20.1 Å². The summed E-state index contributed by atoms with van der Waals surface area (Å²) in [5.41, 5.74) is 2.53. The number of nitrogens with zero attached hydrogens (tertiary/aromatic N) is 3. The molecule has 23 heavy (non-hydrogen) atoms. The van der Waals surface area contributed by atoms with Crippen LogP contribution in [-0.4, -0.2) is 46.3 Å². The van der Waals surface area contributed by atoms with E-state index in [0.717, 1.165) is 42.6 Å². The van der Waals surface area contributed by atoms with Crippen molar-refractivity contribution in [2.75, 3.05) is 19.7 Å². The van der Waals surface area contributed by atoms with Crippen LogP contribution in [0, 0.1) is 5.92 Å². The molecule has 1 aromatic rings. The van der Waals surface area contributed by atoms with Crippen molar-refractivity contribution in [3.05, 3.63) is 17.0 Å². The van der Waals surface area contributed by atoms with Crippen LogP contribution >= 0.6 is 0 Å². The van der Waals surface area contributed by atoms with Crippen molar-refractivity contribution < 1.29 is 14.3 Å². The molecular formula is C17H27N3O3. The quantitative estimate of drug-likeness (QED) is 0.778. The molecule has 6 heteroatoms. The standard InChI is InChI=1S/C17H27N3O3/c1-5-13-15(14(6-2)19(4)18-13)16(21)20-10-8-9-12(11-20)17(22)23-7-3/h12H,5-11H2,1-4H3/t12-/m0/s1. The van der Waals surface area contributed by atoms with Gasteiger partial charge >= 0.3 is 5.97 Å².